The lowest BCUT2D eigenvalue weighted by Gasteiger charge is -2.18. The minimum absolute atomic E-state index is 0.0203. The van der Waals surface area contributed by atoms with E-state index < -0.39 is 40.6 Å². The molecule has 29 heavy (non-hydrogen) atoms. The number of hydrogen-bond donors (Lipinski definition) is 2. The molecular formula is C17H14O11S. The van der Waals surface area contributed by atoms with Gasteiger partial charge in [0, 0.05) is 12.5 Å². The number of carbonyl (C=O) groups excluding carboxylic acids is 1. The van der Waals surface area contributed by atoms with Crippen LogP contribution in [0.2, 0.25) is 0 Å². The highest BCUT2D eigenvalue weighted by atomic mass is 32.3. The minimum Gasteiger partial charge on any atom is -0.496 e. The van der Waals surface area contributed by atoms with Crippen LogP contribution in [0.1, 0.15) is 33.8 Å². The van der Waals surface area contributed by atoms with Crippen LogP contribution in [0, 0.1) is 0 Å². The lowest BCUT2D eigenvalue weighted by molar-refractivity contribution is -0.163. The van der Waals surface area contributed by atoms with Crippen molar-refractivity contribution in [3.05, 3.63) is 33.2 Å². The quantitative estimate of drug-likeness (QED) is 0.512. The summed E-state index contributed by atoms with van der Waals surface area (Å²) in [5.41, 5.74) is -0.168. The van der Waals surface area contributed by atoms with Gasteiger partial charge in [-0.1, -0.05) is 0 Å². The fourth-order valence-electron chi connectivity index (χ4n) is 4.29. The first-order chi connectivity index (χ1) is 13.7. The van der Waals surface area contributed by atoms with Crippen LogP contribution in [0.5, 0.6) is 11.5 Å². The Kier molecular flexibility index (Phi) is 3.83. The number of rotatable bonds is 3. The zero-order chi connectivity index (χ0) is 20.7. The Balaban J connectivity index is 1.80. The monoisotopic (exact) mass is 426 g/mol. The zero-order valence-electron chi connectivity index (χ0n) is 14.8. The van der Waals surface area contributed by atoms with Gasteiger partial charge in [-0.15, -0.1) is 0 Å². The molecule has 0 radical (unpaired) electrons. The Hall–Kier alpha value is -2.51. The third-order valence-electron chi connectivity index (χ3n) is 5.36. The SMILES string of the molecule is COc1cc2c(c3oc(=O)c4c(c13)CCC4=O)C1C(O2)OC(O)C1OS(=O)(=O)O. The number of ether oxygens (including phenoxy) is 3. The number of fused-ring (bicyclic) bond motifs is 7. The number of aliphatic hydroxyl groups is 1. The van der Waals surface area contributed by atoms with Gasteiger partial charge in [0.15, 0.2) is 12.1 Å². The highest BCUT2D eigenvalue weighted by molar-refractivity contribution is 7.80. The molecule has 2 aromatic rings. The Labute approximate surface area is 162 Å². The number of ketones is 1. The number of Topliss-reactive ketones (excluding diaryl/α,β-unsaturated/α-hetero) is 1. The number of hydrogen-bond acceptors (Lipinski definition) is 10. The molecule has 1 aromatic heterocycles. The predicted octanol–water partition coefficient (Wildman–Crippen LogP) is 0.269. The number of aryl methyl sites for hydroxylation is 1. The van der Waals surface area contributed by atoms with Crippen molar-refractivity contribution in [1.29, 1.82) is 0 Å². The fraction of sp³-hybridized carbons (Fsp3) is 0.412. The molecule has 2 aliphatic heterocycles. The van der Waals surface area contributed by atoms with Gasteiger partial charge in [0.2, 0.25) is 6.29 Å². The molecule has 4 atom stereocenters. The molecule has 0 amide bonds. The second-order valence-corrected chi connectivity index (χ2v) is 7.94. The molecule has 0 bridgehead atoms. The Bertz CT molecular complexity index is 1230. The maximum atomic E-state index is 12.5. The van der Waals surface area contributed by atoms with Crippen molar-refractivity contribution < 1.29 is 45.7 Å². The lowest BCUT2D eigenvalue weighted by atomic mass is 9.92. The van der Waals surface area contributed by atoms with Crippen LogP contribution in [0.3, 0.4) is 0 Å². The summed E-state index contributed by atoms with van der Waals surface area (Å²) in [4.78, 5) is 24.6. The molecule has 154 valence electrons. The summed E-state index contributed by atoms with van der Waals surface area (Å²) >= 11 is 0. The third kappa shape index (κ3) is 2.60. The van der Waals surface area contributed by atoms with Gasteiger partial charge in [-0.05, 0) is 12.0 Å². The molecular weight excluding hydrogens is 412 g/mol. The van der Waals surface area contributed by atoms with Crippen molar-refractivity contribution in [3.8, 4) is 11.5 Å². The van der Waals surface area contributed by atoms with Crippen LogP contribution in [0.25, 0.3) is 11.0 Å². The van der Waals surface area contributed by atoms with Crippen LogP contribution in [-0.2, 0) is 25.7 Å². The van der Waals surface area contributed by atoms with Gasteiger partial charge < -0.3 is 23.7 Å². The van der Waals surface area contributed by atoms with Gasteiger partial charge in [-0.25, -0.2) is 8.98 Å². The van der Waals surface area contributed by atoms with Crippen molar-refractivity contribution in [1.82, 2.24) is 0 Å². The molecule has 2 N–H and O–H groups in total. The van der Waals surface area contributed by atoms with Gasteiger partial charge >= 0.3 is 16.0 Å². The number of carbonyl (C=O) groups is 1. The van der Waals surface area contributed by atoms with E-state index in [1.54, 1.807) is 0 Å². The van der Waals surface area contributed by atoms with E-state index in [1.807, 2.05) is 0 Å². The van der Waals surface area contributed by atoms with Gasteiger partial charge in [-0.3, -0.25) is 9.35 Å². The van der Waals surface area contributed by atoms with Gasteiger partial charge in [-0.2, -0.15) is 8.42 Å². The van der Waals surface area contributed by atoms with E-state index in [2.05, 4.69) is 4.18 Å². The third-order valence-corrected chi connectivity index (χ3v) is 5.83. The fourth-order valence-corrected chi connectivity index (χ4v) is 4.78. The van der Waals surface area contributed by atoms with Gasteiger partial charge in [0.25, 0.3) is 0 Å². The first-order valence-corrected chi connectivity index (χ1v) is 9.95. The Morgan fingerprint density at radius 3 is 2.69 bits per heavy atom. The summed E-state index contributed by atoms with van der Waals surface area (Å²) in [6.45, 7) is 0. The lowest BCUT2D eigenvalue weighted by Crippen LogP contribution is -2.31. The molecule has 4 unspecified atom stereocenters. The van der Waals surface area contributed by atoms with Crippen LogP contribution in [0.4, 0.5) is 0 Å². The summed E-state index contributed by atoms with van der Waals surface area (Å²) in [5.74, 6) is -0.901. The molecule has 0 spiro atoms. The average molecular weight is 426 g/mol. The molecule has 5 rings (SSSR count). The molecule has 0 saturated carbocycles. The molecule has 1 saturated heterocycles. The summed E-state index contributed by atoms with van der Waals surface area (Å²) in [7, 11) is -3.53. The Morgan fingerprint density at radius 2 is 2.00 bits per heavy atom. The zero-order valence-corrected chi connectivity index (χ0v) is 15.6. The summed E-state index contributed by atoms with van der Waals surface area (Å²) in [6.07, 6.45) is -3.96. The highest BCUT2D eigenvalue weighted by Crippen LogP contribution is 2.53. The standard InChI is InChI=1S/C17H14O11S/c1-24-7-4-8-11(12-14(28-29(21,22)23)16(20)27-17(12)25-8)13-10(7)5-2-3-6(18)9(5)15(19)26-13/h4,12,14,16-17,20H,2-3H2,1H3,(H,21,22,23). The molecule has 3 aliphatic rings. The summed E-state index contributed by atoms with van der Waals surface area (Å²) in [5, 5.41) is 10.4. The first kappa shape index (κ1) is 18.5. The van der Waals surface area contributed by atoms with E-state index in [1.165, 1.54) is 13.2 Å². The van der Waals surface area contributed by atoms with E-state index >= 15 is 0 Å². The first-order valence-electron chi connectivity index (χ1n) is 8.59. The smallest absolute Gasteiger partial charge is 0.397 e. The normalized spacial score (nSPS) is 27.6. The largest absolute Gasteiger partial charge is 0.496 e. The van der Waals surface area contributed by atoms with Crippen molar-refractivity contribution in [2.24, 2.45) is 0 Å². The topological polar surface area (TPSA) is 159 Å². The van der Waals surface area contributed by atoms with E-state index in [0.29, 0.717) is 23.1 Å². The summed E-state index contributed by atoms with van der Waals surface area (Å²) in [6, 6.07) is 1.50. The second kappa shape index (κ2) is 6.00. The van der Waals surface area contributed by atoms with Crippen molar-refractivity contribution in [2.45, 2.75) is 37.4 Å². The maximum absolute atomic E-state index is 12.5. The van der Waals surface area contributed by atoms with E-state index in [-0.39, 0.29) is 34.7 Å². The predicted molar refractivity (Wildman–Crippen MR) is 92.4 cm³/mol. The van der Waals surface area contributed by atoms with Crippen LogP contribution in [0.15, 0.2) is 15.3 Å². The van der Waals surface area contributed by atoms with E-state index in [9.17, 15) is 23.1 Å². The molecule has 3 heterocycles. The molecule has 12 heteroatoms. The molecule has 1 aliphatic carbocycles. The highest BCUT2D eigenvalue weighted by Gasteiger charge is 2.55. The van der Waals surface area contributed by atoms with Crippen LogP contribution >= 0.6 is 0 Å². The van der Waals surface area contributed by atoms with Gasteiger partial charge in [0.05, 0.1) is 24.0 Å². The van der Waals surface area contributed by atoms with Crippen molar-refractivity contribution in [3.63, 3.8) is 0 Å². The molecule has 1 fully saturated rings. The molecule has 1 aromatic carbocycles. The second-order valence-electron chi connectivity index (χ2n) is 6.89. The van der Waals surface area contributed by atoms with E-state index in [4.69, 9.17) is 23.2 Å². The van der Waals surface area contributed by atoms with E-state index in [0.717, 1.165) is 0 Å². The van der Waals surface area contributed by atoms with Crippen molar-refractivity contribution in [2.75, 3.05) is 7.11 Å². The van der Waals surface area contributed by atoms with Crippen molar-refractivity contribution >= 4 is 27.2 Å². The number of methoxy groups -OCH3 is 1. The van der Waals surface area contributed by atoms with Gasteiger partial charge in [0.1, 0.15) is 28.7 Å². The van der Waals surface area contributed by atoms with Crippen LogP contribution in [-0.4, -0.2) is 49.7 Å². The maximum Gasteiger partial charge on any atom is 0.397 e. The van der Waals surface area contributed by atoms with Crippen LogP contribution < -0.4 is 15.1 Å². The number of aliphatic hydroxyl groups excluding tert-OH is 1. The molecule has 11 nitrogen and oxygen atoms in total. The average Bonchev–Trinajstić information content (AvgIpc) is 3.26. The minimum atomic E-state index is -4.93. The Morgan fingerprint density at radius 1 is 1.24 bits per heavy atom. The summed E-state index contributed by atoms with van der Waals surface area (Å²) < 4.78 is 57.8. The number of benzene rings is 1.